The molecule has 0 aliphatic carbocycles. The molecule has 16 heavy (non-hydrogen) atoms. The van der Waals surface area contributed by atoms with Crippen molar-refractivity contribution >= 4 is 11.3 Å². The Morgan fingerprint density at radius 3 is 2.94 bits per heavy atom. The quantitative estimate of drug-likeness (QED) is 0.750. The average molecular weight is 218 g/mol. The maximum Gasteiger partial charge on any atom is 0.155 e. The van der Waals surface area contributed by atoms with Crippen LogP contribution in [0.25, 0.3) is 5.65 Å². The molecule has 3 rings (SSSR count). The van der Waals surface area contributed by atoms with Crippen molar-refractivity contribution in [1.82, 2.24) is 14.6 Å². The van der Waals surface area contributed by atoms with Crippen LogP contribution in [0.3, 0.4) is 0 Å². The Bertz CT molecular complexity index is 516. The molecule has 0 amide bonds. The fourth-order valence-corrected chi connectivity index (χ4v) is 1.97. The van der Waals surface area contributed by atoms with E-state index < -0.39 is 0 Å². The van der Waals surface area contributed by atoms with Crippen LogP contribution >= 0.6 is 0 Å². The number of aryl methyl sites for hydroxylation is 1. The highest BCUT2D eigenvalue weighted by molar-refractivity contribution is 5.53. The predicted octanol–water partition coefficient (Wildman–Crippen LogP) is 0.873. The van der Waals surface area contributed by atoms with Crippen LogP contribution in [0.2, 0.25) is 0 Å². The Balaban J connectivity index is 1.88. The first-order chi connectivity index (χ1) is 7.76. The Morgan fingerprint density at radius 2 is 2.19 bits per heavy atom. The fraction of sp³-hybridized carbons (Fsp3) is 0.455. The Kier molecular flexibility index (Phi) is 2.07. The molecule has 3 heterocycles. The lowest BCUT2D eigenvalue weighted by atomic mass is 10.1. The van der Waals surface area contributed by atoms with Crippen molar-refractivity contribution in [2.45, 2.75) is 13.0 Å². The van der Waals surface area contributed by atoms with Gasteiger partial charge in [-0.3, -0.25) is 0 Å². The van der Waals surface area contributed by atoms with E-state index in [4.69, 9.17) is 4.74 Å². The third-order valence-corrected chi connectivity index (χ3v) is 2.97. The molecule has 0 atom stereocenters. The summed E-state index contributed by atoms with van der Waals surface area (Å²) in [6.07, 6.45) is 2.38. The van der Waals surface area contributed by atoms with Gasteiger partial charge in [0.25, 0.3) is 0 Å². The number of hydrogen-bond donors (Lipinski definition) is 0. The van der Waals surface area contributed by atoms with Crippen LogP contribution in [-0.4, -0.2) is 40.9 Å². The summed E-state index contributed by atoms with van der Waals surface area (Å²) in [6, 6.07) is 4.07. The van der Waals surface area contributed by atoms with Gasteiger partial charge in [-0.25, -0.2) is 9.50 Å². The molecule has 1 saturated heterocycles. The van der Waals surface area contributed by atoms with Crippen molar-refractivity contribution in [3.63, 3.8) is 0 Å². The summed E-state index contributed by atoms with van der Waals surface area (Å²) in [4.78, 5) is 6.57. The topological polar surface area (TPSA) is 42.7 Å². The number of anilines is 1. The first kappa shape index (κ1) is 9.59. The maximum atomic E-state index is 5.25. The van der Waals surface area contributed by atoms with Gasteiger partial charge < -0.3 is 9.64 Å². The summed E-state index contributed by atoms with van der Waals surface area (Å²) in [5.74, 6) is 0.801. The Hall–Kier alpha value is -1.62. The van der Waals surface area contributed by atoms with Gasteiger partial charge in [-0.05, 0) is 19.1 Å². The normalized spacial score (nSPS) is 16.8. The van der Waals surface area contributed by atoms with Crippen LogP contribution in [0.4, 0.5) is 5.69 Å². The van der Waals surface area contributed by atoms with Crippen molar-refractivity contribution < 1.29 is 4.74 Å². The van der Waals surface area contributed by atoms with Gasteiger partial charge in [0.05, 0.1) is 18.0 Å². The van der Waals surface area contributed by atoms with Gasteiger partial charge in [-0.1, -0.05) is 0 Å². The molecule has 0 N–H and O–H groups in total. The van der Waals surface area contributed by atoms with E-state index in [0.717, 1.165) is 24.6 Å². The minimum atomic E-state index is 0.369. The molecule has 0 spiro atoms. The zero-order valence-corrected chi connectivity index (χ0v) is 9.42. The number of ether oxygens (including phenoxy) is 1. The molecular weight excluding hydrogens is 204 g/mol. The highest BCUT2D eigenvalue weighted by Crippen LogP contribution is 2.22. The van der Waals surface area contributed by atoms with E-state index in [9.17, 15) is 0 Å². The summed E-state index contributed by atoms with van der Waals surface area (Å²) in [5, 5.41) is 4.30. The summed E-state index contributed by atoms with van der Waals surface area (Å²) >= 11 is 0. The molecule has 2 aromatic heterocycles. The third kappa shape index (κ3) is 1.44. The van der Waals surface area contributed by atoms with Gasteiger partial charge in [-0.15, -0.1) is 0 Å². The zero-order chi connectivity index (χ0) is 11.1. The summed E-state index contributed by atoms with van der Waals surface area (Å²) in [6.45, 7) is 3.81. The van der Waals surface area contributed by atoms with Crippen molar-refractivity contribution in [2.24, 2.45) is 0 Å². The van der Waals surface area contributed by atoms with E-state index in [-0.39, 0.29) is 0 Å². The first-order valence-electron chi connectivity index (χ1n) is 5.37. The molecule has 1 aliphatic heterocycles. The van der Waals surface area contributed by atoms with Gasteiger partial charge >= 0.3 is 0 Å². The number of rotatable bonds is 2. The van der Waals surface area contributed by atoms with E-state index in [0.29, 0.717) is 6.10 Å². The van der Waals surface area contributed by atoms with E-state index in [1.807, 2.05) is 23.7 Å². The third-order valence-electron chi connectivity index (χ3n) is 2.97. The standard InChI is InChI=1S/C11H14N4O/c1-8-12-11-4-3-9(5-15(11)13-8)14-6-10(7-14)16-2/h3-5,10H,6-7H2,1-2H3. The molecule has 5 heteroatoms. The van der Waals surface area contributed by atoms with Crippen molar-refractivity contribution in [3.8, 4) is 0 Å². The number of methoxy groups -OCH3 is 1. The second kappa shape index (κ2) is 3.45. The molecule has 1 aliphatic rings. The zero-order valence-electron chi connectivity index (χ0n) is 9.42. The molecule has 5 nitrogen and oxygen atoms in total. The SMILES string of the molecule is COC1CN(c2ccc3nc(C)nn3c2)C1. The van der Waals surface area contributed by atoms with Crippen LogP contribution < -0.4 is 4.90 Å². The summed E-state index contributed by atoms with van der Waals surface area (Å²) < 4.78 is 7.08. The highest BCUT2D eigenvalue weighted by Gasteiger charge is 2.26. The number of aromatic nitrogens is 3. The van der Waals surface area contributed by atoms with Crippen LogP contribution in [0.15, 0.2) is 18.3 Å². The van der Waals surface area contributed by atoms with Gasteiger partial charge in [0.1, 0.15) is 5.82 Å². The number of fused-ring (bicyclic) bond motifs is 1. The lowest BCUT2D eigenvalue weighted by Crippen LogP contribution is -2.51. The second-order valence-electron chi connectivity index (χ2n) is 4.11. The van der Waals surface area contributed by atoms with E-state index in [1.165, 1.54) is 5.69 Å². The minimum absolute atomic E-state index is 0.369. The lowest BCUT2D eigenvalue weighted by molar-refractivity contribution is 0.0787. The highest BCUT2D eigenvalue weighted by atomic mass is 16.5. The van der Waals surface area contributed by atoms with E-state index in [1.54, 1.807) is 7.11 Å². The molecule has 2 aromatic rings. The van der Waals surface area contributed by atoms with Crippen LogP contribution in [0.1, 0.15) is 5.82 Å². The monoisotopic (exact) mass is 218 g/mol. The molecule has 84 valence electrons. The molecule has 0 unspecified atom stereocenters. The predicted molar refractivity (Wildman–Crippen MR) is 60.7 cm³/mol. The van der Waals surface area contributed by atoms with Crippen LogP contribution in [0, 0.1) is 6.92 Å². The second-order valence-corrected chi connectivity index (χ2v) is 4.11. The molecule has 0 bridgehead atoms. The van der Waals surface area contributed by atoms with E-state index >= 15 is 0 Å². The molecule has 0 saturated carbocycles. The average Bonchev–Trinajstić information content (AvgIpc) is 2.55. The maximum absolute atomic E-state index is 5.25. The van der Waals surface area contributed by atoms with Gasteiger partial charge in [0.15, 0.2) is 5.65 Å². The van der Waals surface area contributed by atoms with Gasteiger partial charge in [0, 0.05) is 20.2 Å². The molecule has 1 fully saturated rings. The van der Waals surface area contributed by atoms with Crippen molar-refractivity contribution in [2.75, 3.05) is 25.1 Å². The minimum Gasteiger partial charge on any atom is -0.378 e. The number of pyridine rings is 1. The largest absolute Gasteiger partial charge is 0.378 e. The smallest absolute Gasteiger partial charge is 0.155 e. The van der Waals surface area contributed by atoms with E-state index in [2.05, 4.69) is 21.0 Å². The van der Waals surface area contributed by atoms with Crippen LogP contribution in [0.5, 0.6) is 0 Å². The molecule has 0 radical (unpaired) electrons. The van der Waals surface area contributed by atoms with Gasteiger partial charge in [-0.2, -0.15) is 5.10 Å². The summed E-state index contributed by atoms with van der Waals surface area (Å²) in [5.41, 5.74) is 2.07. The van der Waals surface area contributed by atoms with Crippen molar-refractivity contribution in [1.29, 1.82) is 0 Å². The molecule has 0 aromatic carbocycles. The first-order valence-corrected chi connectivity index (χ1v) is 5.37. The lowest BCUT2D eigenvalue weighted by Gasteiger charge is -2.39. The Morgan fingerprint density at radius 1 is 1.38 bits per heavy atom. The number of nitrogens with zero attached hydrogens (tertiary/aromatic N) is 4. The summed E-state index contributed by atoms with van der Waals surface area (Å²) in [7, 11) is 1.76. The fourth-order valence-electron chi connectivity index (χ4n) is 1.97. The van der Waals surface area contributed by atoms with Crippen molar-refractivity contribution in [3.05, 3.63) is 24.2 Å². The Labute approximate surface area is 93.6 Å². The number of hydrogen-bond acceptors (Lipinski definition) is 4. The van der Waals surface area contributed by atoms with Crippen LogP contribution in [-0.2, 0) is 4.74 Å². The van der Waals surface area contributed by atoms with Gasteiger partial charge in [0.2, 0.25) is 0 Å². The molecular formula is C11H14N4O.